The third kappa shape index (κ3) is 3.79. The molecule has 0 fully saturated rings. The van der Waals surface area contributed by atoms with Crippen molar-refractivity contribution in [2.24, 2.45) is 0 Å². The summed E-state index contributed by atoms with van der Waals surface area (Å²) < 4.78 is 15.0. The van der Waals surface area contributed by atoms with Crippen LogP contribution in [0.4, 0.5) is 4.39 Å². The van der Waals surface area contributed by atoms with Gasteiger partial charge >= 0.3 is 0 Å². The molecule has 0 atom stereocenters. The van der Waals surface area contributed by atoms with Crippen LogP contribution in [0.2, 0.25) is 4.34 Å². The molecule has 0 unspecified atom stereocenters. The lowest BCUT2D eigenvalue weighted by atomic mass is 10.1. The summed E-state index contributed by atoms with van der Waals surface area (Å²) in [5.74, 6) is -0.138. The number of nitrogens with one attached hydrogen (secondary N) is 1. The largest absolute Gasteiger partial charge is 0.312 e. The quantitative estimate of drug-likeness (QED) is 0.777. The molecule has 0 aliphatic heterocycles. The fourth-order valence-corrected chi connectivity index (χ4v) is 3.37. The lowest BCUT2D eigenvalue weighted by molar-refractivity contribution is 0.598. The summed E-state index contributed by atoms with van der Waals surface area (Å²) in [6.45, 7) is 1.50. The van der Waals surface area contributed by atoms with Crippen molar-refractivity contribution in [2.45, 2.75) is 13.0 Å². The van der Waals surface area contributed by atoms with Crippen LogP contribution in [-0.2, 0) is 13.0 Å². The zero-order chi connectivity index (χ0) is 13.0. The van der Waals surface area contributed by atoms with Crippen LogP contribution in [0.5, 0.6) is 0 Å². The van der Waals surface area contributed by atoms with Gasteiger partial charge in [0.2, 0.25) is 0 Å². The molecule has 2 aromatic rings. The molecule has 18 heavy (non-hydrogen) atoms. The van der Waals surface area contributed by atoms with Gasteiger partial charge in [-0.05, 0) is 46.6 Å². The predicted molar refractivity (Wildman–Crippen MR) is 78.8 cm³/mol. The van der Waals surface area contributed by atoms with E-state index >= 15 is 0 Å². The van der Waals surface area contributed by atoms with E-state index in [1.165, 1.54) is 10.9 Å². The molecule has 2 rings (SSSR count). The minimum Gasteiger partial charge on any atom is -0.312 e. The van der Waals surface area contributed by atoms with Gasteiger partial charge in [-0.15, -0.1) is 11.3 Å². The number of hydrogen-bond acceptors (Lipinski definition) is 2. The minimum atomic E-state index is -0.138. The first-order valence-corrected chi connectivity index (χ1v) is 7.53. The smallest absolute Gasteiger partial charge is 0.126 e. The van der Waals surface area contributed by atoms with E-state index < -0.39 is 0 Å². The molecular formula is C13H12BrClFNS. The van der Waals surface area contributed by atoms with Crippen LogP contribution in [0.1, 0.15) is 10.4 Å². The van der Waals surface area contributed by atoms with Crippen molar-refractivity contribution in [3.63, 3.8) is 0 Å². The van der Waals surface area contributed by atoms with Gasteiger partial charge in [0, 0.05) is 15.9 Å². The molecule has 96 valence electrons. The Morgan fingerprint density at radius 2 is 2.11 bits per heavy atom. The number of hydrogen-bond donors (Lipinski definition) is 1. The second kappa shape index (κ2) is 6.66. The lowest BCUT2D eigenvalue weighted by Gasteiger charge is -2.04. The van der Waals surface area contributed by atoms with Crippen LogP contribution in [0.3, 0.4) is 0 Å². The third-order valence-electron chi connectivity index (χ3n) is 2.52. The van der Waals surface area contributed by atoms with Crippen LogP contribution in [0.15, 0.2) is 34.8 Å². The van der Waals surface area contributed by atoms with E-state index in [2.05, 4.69) is 21.2 Å². The zero-order valence-electron chi connectivity index (χ0n) is 9.55. The fourth-order valence-electron chi connectivity index (χ4n) is 1.61. The van der Waals surface area contributed by atoms with Crippen molar-refractivity contribution in [1.29, 1.82) is 0 Å². The Bertz CT molecular complexity index is 510. The second-order valence-corrected chi connectivity index (χ2v) is 6.45. The summed E-state index contributed by atoms with van der Waals surface area (Å²) in [5, 5.41) is 3.28. The maximum atomic E-state index is 13.3. The van der Waals surface area contributed by atoms with Gasteiger partial charge in [-0.2, -0.15) is 0 Å². The average Bonchev–Trinajstić information content (AvgIpc) is 2.66. The highest BCUT2D eigenvalue weighted by molar-refractivity contribution is 9.10. The Kier molecular flexibility index (Phi) is 5.18. The van der Waals surface area contributed by atoms with Gasteiger partial charge < -0.3 is 5.32 Å². The van der Waals surface area contributed by atoms with Gasteiger partial charge in [-0.25, -0.2) is 4.39 Å². The lowest BCUT2D eigenvalue weighted by Crippen LogP contribution is -2.16. The Balaban J connectivity index is 1.78. The number of rotatable bonds is 5. The average molecular weight is 349 g/mol. The number of halogens is 3. The van der Waals surface area contributed by atoms with Crippen LogP contribution in [0, 0.1) is 5.82 Å². The Hall–Kier alpha value is -0.420. The van der Waals surface area contributed by atoms with Crippen molar-refractivity contribution >= 4 is 38.9 Å². The maximum Gasteiger partial charge on any atom is 0.126 e. The Labute approximate surface area is 123 Å². The van der Waals surface area contributed by atoms with Gasteiger partial charge in [-0.1, -0.05) is 29.8 Å². The second-order valence-electron chi connectivity index (χ2n) is 3.85. The monoisotopic (exact) mass is 347 g/mol. The molecule has 1 heterocycles. The van der Waals surface area contributed by atoms with E-state index in [4.69, 9.17) is 11.6 Å². The Morgan fingerprint density at radius 3 is 2.78 bits per heavy atom. The summed E-state index contributed by atoms with van der Waals surface area (Å²) in [5.41, 5.74) is 0.746. The van der Waals surface area contributed by atoms with Crippen molar-refractivity contribution < 1.29 is 4.39 Å². The summed E-state index contributed by atoms with van der Waals surface area (Å²) in [7, 11) is 0. The Morgan fingerprint density at radius 1 is 1.33 bits per heavy atom. The molecule has 1 nitrogen and oxygen atoms in total. The molecule has 0 amide bonds. The van der Waals surface area contributed by atoms with Crippen molar-refractivity contribution in [3.05, 3.63) is 55.4 Å². The molecule has 0 aliphatic rings. The number of thiophene rings is 1. The van der Waals surface area contributed by atoms with Crippen LogP contribution < -0.4 is 5.32 Å². The highest BCUT2D eigenvalue weighted by Gasteiger charge is 2.04. The predicted octanol–water partition coefficient (Wildman–Crippen LogP) is 4.64. The van der Waals surface area contributed by atoms with E-state index in [1.807, 2.05) is 18.2 Å². The summed E-state index contributed by atoms with van der Waals surface area (Å²) in [6, 6.07) is 8.87. The summed E-state index contributed by atoms with van der Waals surface area (Å²) in [4.78, 5) is 1.17. The SMILES string of the molecule is Fc1ccccc1CCNCc1cc(Br)c(Cl)s1. The van der Waals surface area contributed by atoms with E-state index in [1.54, 1.807) is 17.4 Å². The van der Waals surface area contributed by atoms with E-state index in [-0.39, 0.29) is 5.82 Å². The molecule has 0 spiro atoms. The molecule has 0 saturated heterocycles. The highest BCUT2D eigenvalue weighted by Crippen LogP contribution is 2.31. The van der Waals surface area contributed by atoms with Crippen molar-refractivity contribution in [3.8, 4) is 0 Å². The van der Waals surface area contributed by atoms with Gasteiger partial charge in [-0.3, -0.25) is 0 Å². The molecule has 0 radical (unpaired) electrons. The first kappa shape index (κ1) is 14.0. The molecule has 5 heteroatoms. The topological polar surface area (TPSA) is 12.0 Å². The highest BCUT2D eigenvalue weighted by atomic mass is 79.9. The van der Waals surface area contributed by atoms with Crippen LogP contribution in [-0.4, -0.2) is 6.54 Å². The minimum absolute atomic E-state index is 0.138. The van der Waals surface area contributed by atoms with E-state index in [0.29, 0.717) is 6.42 Å². The van der Waals surface area contributed by atoms with Gasteiger partial charge in [0.25, 0.3) is 0 Å². The van der Waals surface area contributed by atoms with Gasteiger partial charge in [0.1, 0.15) is 10.2 Å². The molecule has 0 saturated carbocycles. The van der Waals surface area contributed by atoms with E-state index in [0.717, 1.165) is 27.5 Å². The van der Waals surface area contributed by atoms with Gasteiger partial charge in [0.15, 0.2) is 0 Å². The fraction of sp³-hybridized carbons (Fsp3) is 0.231. The molecular weight excluding hydrogens is 337 g/mol. The molecule has 1 aromatic heterocycles. The maximum absolute atomic E-state index is 13.3. The molecule has 1 aromatic carbocycles. The summed E-state index contributed by atoms with van der Waals surface area (Å²) >= 11 is 10.9. The van der Waals surface area contributed by atoms with E-state index in [9.17, 15) is 4.39 Å². The molecule has 0 aliphatic carbocycles. The molecule has 1 N–H and O–H groups in total. The first-order valence-electron chi connectivity index (χ1n) is 5.54. The first-order chi connectivity index (χ1) is 8.66. The summed E-state index contributed by atoms with van der Waals surface area (Å²) in [6.07, 6.45) is 0.687. The third-order valence-corrected chi connectivity index (χ3v) is 5.00. The normalized spacial score (nSPS) is 10.8. The standard InChI is InChI=1S/C13H12BrClFNS/c14-11-7-10(18-13(11)15)8-17-6-5-9-3-1-2-4-12(9)16/h1-4,7,17H,5-6,8H2. The van der Waals surface area contributed by atoms with Crippen molar-refractivity contribution in [1.82, 2.24) is 5.32 Å². The van der Waals surface area contributed by atoms with Crippen molar-refractivity contribution in [2.75, 3.05) is 6.54 Å². The van der Waals surface area contributed by atoms with Gasteiger partial charge in [0.05, 0.1) is 0 Å². The number of benzene rings is 1. The van der Waals surface area contributed by atoms with Crippen LogP contribution >= 0.6 is 38.9 Å². The zero-order valence-corrected chi connectivity index (χ0v) is 12.7. The van der Waals surface area contributed by atoms with Crippen LogP contribution in [0.25, 0.3) is 0 Å². The molecule has 0 bridgehead atoms.